The Bertz CT molecular complexity index is 223. The Balaban J connectivity index is 2.91. The van der Waals surface area contributed by atoms with Crippen molar-refractivity contribution in [3.05, 3.63) is 23.3 Å². The molecule has 0 nitrogen and oxygen atoms in total. The average molecular weight is 164 g/mol. The molecule has 1 aliphatic carbocycles. The summed E-state index contributed by atoms with van der Waals surface area (Å²) in [5.74, 6) is 0.731. The molecule has 0 fully saturated rings. The maximum Gasteiger partial charge on any atom is -0.0167 e. The molecule has 0 heterocycles. The molecule has 0 N–H and O–H groups in total. The number of hydrogen-bond donors (Lipinski definition) is 0. The first-order chi connectivity index (χ1) is 5.41. The molecule has 1 unspecified atom stereocenters. The minimum absolute atomic E-state index is 0.344. The zero-order chi connectivity index (χ0) is 9.35. The summed E-state index contributed by atoms with van der Waals surface area (Å²) < 4.78 is 0. The van der Waals surface area contributed by atoms with Crippen LogP contribution >= 0.6 is 0 Å². The van der Waals surface area contributed by atoms with Crippen molar-refractivity contribution in [2.75, 3.05) is 0 Å². The van der Waals surface area contributed by atoms with Crippen LogP contribution in [0.5, 0.6) is 0 Å². The number of rotatable bonds is 0. The molecule has 12 heavy (non-hydrogen) atoms. The zero-order valence-electron chi connectivity index (χ0n) is 8.94. The van der Waals surface area contributed by atoms with E-state index < -0.39 is 0 Å². The molecule has 1 rings (SSSR count). The van der Waals surface area contributed by atoms with E-state index in [9.17, 15) is 0 Å². The molecule has 0 amide bonds. The van der Waals surface area contributed by atoms with Crippen LogP contribution in [0.4, 0.5) is 0 Å². The maximum absolute atomic E-state index is 2.33. The Hall–Kier alpha value is -0.520. The third kappa shape index (κ3) is 2.00. The van der Waals surface area contributed by atoms with Gasteiger partial charge in [0.1, 0.15) is 0 Å². The topological polar surface area (TPSA) is 0 Å². The van der Waals surface area contributed by atoms with Crippen LogP contribution in [0.15, 0.2) is 23.3 Å². The Kier molecular flexibility index (Phi) is 2.46. The molecule has 0 aromatic carbocycles. The van der Waals surface area contributed by atoms with Crippen LogP contribution in [-0.4, -0.2) is 0 Å². The van der Waals surface area contributed by atoms with Crippen molar-refractivity contribution in [2.24, 2.45) is 11.3 Å². The number of allylic oxidation sites excluding steroid dienone is 4. The van der Waals surface area contributed by atoms with Crippen LogP contribution in [0, 0.1) is 11.3 Å². The third-order valence-electron chi connectivity index (χ3n) is 2.57. The Labute approximate surface area is 76.4 Å². The van der Waals surface area contributed by atoms with E-state index in [0.29, 0.717) is 5.41 Å². The molecular formula is C12H20. The van der Waals surface area contributed by atoms with E-state index in [2.05, 4.69) is 46.8 Å². The van der Waals surface area contributed by atoms with Gasteiger partial charge < -0.3 is 0 Å². The summed E-state index contributed by atoms with van der Waals surface area (Å²) in [7, 11) is 0. The highest BCUT2D eigenvalue weighted by Gasteiger charge is 2.23. The molecule has 0 aromatic rings. The van der Waals surface area contributed by atoms with Gasteiger partial charge in [0.05, 0.1) is 0 Å². The van der Waals surface area contributed by atoms with Crippen molar-refractivity contribution in [2.45, 2.75) is 41.0 Å². The van der Waals surface area contributed by atoms with E-state index in [0.717, 1.165) is 5.92 Å². The van der Waals surface area contributed by atoms with Crippen molar-refractivity contribution in [3.8, 4) is 0 Å². The van der Waals surface area contributed by atoms with Gasteiger partial charge in [0, 0.05) is 0 Å². The summed E-state index contributed by atoms with van der Waals surface area (Å²) in [4.78, 5) is 0. The first-order valence-corrected chi connectivity index (χ1v) is 4.79. The molecule has 1 aliphatic rings. The fourth-order valence-corrected chi connectivity index (χ4v) is 2.05. The van der Waals surface area contributed by atoms with E-state index in [4.69, 9.17) is 0 Å². The van der Waals surface area contributed by atoms with E-state index in [1.807, 2.05) is 0 Å². The van der Waals surface area contributed by atoms with Crippen LogP contribution in [0.25, 0.3) is 0 Å². The van der Waals surface area contributed by atoms with Gasteiger partial charge in [-0.2, -0.15) is 0 Å². The summed E-state index contributed by atoms with van der Waals surface area (Å²) >= 11 is 0. The van der Waals surface area contributed by atoms with Crippen LogP contribution < -0.4 is 0 Å². The third-order valence-corrected chi connectivity index (χ3v) is 2.57. The van der Waals surface area contributed by atoms with Gasteiger partial charge in [-0.1, -0.05) is 51.0 Å². The molecule has 0 saturated heterocycles. The molecule has 1 atom stereocenters. The van der Waals surface area contributed by atoms with E-state index >= 15 is 0 Å². The van der Waals surface area contributed by atoms with Gasteiger partial charge in [0.15, 0.2) is 0 Å². The lowest BCUT2D eigenvalue weighted by atomic mass is 9.75. The quantitative estimate of drug-likeness (QED) is 0.508. The lowest BCUT2D eigenvalue weighted by molar-refractivity contribution is 0.429. The second kappa shape index (κ2) is 3.08. The maximum atomic E-state index is 2.33. The molecular weight excluding hydrogens is 144 g/mol. The van der Waals surface area contributed by atoms with Gasteiger partial charge >= 0.3 is 0 Å². The molecule has 0 spiro atoms. The largest absolute Gasteiger partial charge is 0.0727 e. The lowest BCUT2D eigenvalue weighted by Gasteiger charge is -2.30. The van der Waals surface area contributed by atoms with E-state index in [-0.39, 0.29) is 0 Å². The van der Waals surface area contributed by atoms with Crippen LogP contribution in [0.1, 0.15) is 41.0 Å². The fourth-order valence-electron chi connectivity index (χ4n) is 2.05. The SMILES string of the molecule is CC1=CC=C(C(C)(C)C)C(C)C1. The van der Waals surface area contributed by atoms with Crippen molar-refractivity contribution in [3.63, 3.8) is 0 Å². The monoisotopic (exact) mass is 164 g/mol. The van der Waals surface area contributed by atoms with Crippen molar-refractivity contribution >= 4 is 0 Å². The molecule has 68 valence electrons. The molecule has 0 aromatic heterocycles. The van der Waals surface area contributed by atoms with E-state index in [1.165, 1.54) is 12.0 Å². The van der Waals surface area contributed by atoms with Crippen LogP contribution in [-0.2, 0) is 0 Å². The fraction of sp³-hybridized carbons (Fsp3) is 0.667. The molecule has 0 bridgehead atoms. The van der Waals surface area contributed by atoms with E-state index in [1.54, 1.807) is 5.57 Å². The Morgan fingerprint density at radius 1 is 1.25 bits per heavy atom. The van der Waals surface area contributed by atoms with Gasteiger partial charge in [-0.05, 0) is 24.7 Å². The van der Waals surface area contributed by atoms with Gasteiger partial charge in [-0.15, -0.1) is 0 Å². The summed E-state index contributed by atoms with van der Waals surface area (Å²) in [6.45, 7) is 11.4. The van der Waals surface area contributed by atoms with Crippen molar-refractivity contribution in [1.29, 1.82) is 0 Å². The summed E-state index contributed by atoms with van der Waals surface area (Å²) in [6.07, 6.45) is 5.81. The Morgan fingerprint density at radius 3 is 2.25 bits per heavy atom. The van der Waals surface area contributed by atoms with Crippen molar-refractivity contribution < 1.29 is 0 Å². The van der Waals surface area contributed by atoms with Crippen molar-refractivity contribution in [1.82, 2.24) is 0 Å². The highest BCUT2D eigenvalue weighted by molar-refractivity contribution is 5.28. The van der Waals surface area contributed by atoms with Gasteiger partial charge in [-0.3, -0.25) is 0 Å². The molecule has 0 heteroatoms. The number of hydrogen-bond acceptors (Lipinski definition) is 0. The minimum Gasteiger partial charge on any atom is -0.0727 e. The summed E-state index contributed by atoms with van der Waals surface area (Å²) in [6, 6.07) is 0. The summed E-state index contributed by atoms with van der Waals surface area (Å²) in [5, 5.41) is 0. The average Bonchev–Trinajstić information content (AvgIpc) is 1.83. The summed E-state index contributed by atoms with van der Waals surface area (Å²) in [5.41, 5.74) is 3.44. The molecule has 0 radical (unpaired) electrons. The standard InChI is InChI=1S/C12H20/c1-9-6-7-11(10(2)8-9)12(3,4)5/h6-7,10H,8H2,1-5H3. The second-order valence-corrected chi connectivity index (χ2v) is 4.99. The predicted molar refractivity (Wildman–Crippen MR) is 55.1 cm³/mol. The highest BCUT2D eigenvalue weighted by atomic mass is 14.3. The zero-order valence-corrected chi connectivity index (χ0v) is 8.94. The molecule has 0 aliphatic heterocycles. The van der Waals surface area contributed by atoms with Gasteiger partial charge in [0.25, 0.3) is 0 Å². The highest BCUT2D eigenvalue weighted by Crippen LogP contribution is 2.36. The van der Waals surface area contributed by atoms with Gasteiger partial charge in [-0.25, -0.2) is 0 Å². The first kappa shape index (κ1) is 9.57. The molecule has 0 saturated carbocycles. The van der Waals surface area contributed by atoms with Crippen LogP contribution in [0.3, 0.4) is 0 Å². The predicted octanol–water partition coefficient (Wildman–Crippen LogP) is 3.95. The Morgan fingerprint density at radius 2 is 1.83 bits per heavy atom. The van der Waals surface area contributed by atoms with Gasteiger partial charge in [0.2, 0.25) is 0 Å². The minimum atomic E-state index is 0.344. The first-order valence-electron chi connectivity index (χ1n) is 4.79. The normalized spacial score (nSPS) is 24.9. The smallest absolute Gasteiger partial charge is 0.0167 e. The van der Waals surface area contributed by atoms with Crippen LogP contribution in [0.2, 0.25) is 0 Å². The lowest BCUT2D eigenvalue weighted by Crippen LogP contribution is -2.18. The second-order valence-electron chi connectivity index (χ2n) is 4.99.